The van der Waals surface area contributed by atoms with Gasteiger partial charge in [0.05, 0.1) is 0 Å². The summed E-state index contributed by atoms with van der Waals surface area (Å²) in [5.41, 5.74) is 0. The fourth-order valence-electron chi connectivity index (χ4n) is 2.48. The van der Waals surface area contributed by atoms with Gasteiger partial charge in [-0.2, -0.15) is 0 Å². The minimum atomic E-state index is 0.660. The number of ether oxygens (including phenoxy) is 1. The van der Waals surface area contributed by atoms with Crippen LogP contribution >= 0.6 is 0 Å². The molecule has 2 saturated heterocycles. The summed E-state index contributed by atoms with van der Waals surface area (Å²) in [4.78, 5) is 0. The summed E-state index contributed by atoms with van der Waals surface area (Å²) in [6.07, 6.45) is 3.70. The molecule has 2 aliphatic heterocycles. The van der Waals surface area contributed by atoms with Gasteiger partial charge in [0, 0.05) is 25.3 Å². The third-order valence-corrected chi connectivity index (χ3v) is 3.53. The Hall–Kier alpha value is -0.120. The summed E-state index contributed by atoms with van der Waals surface area (Å²) >= 11 is 0. The fraction of sp³-hybridized carbons (Fsp3) is 1.00. The van der Waals surface area contributed by atoms with Gasteiger partial charge in [0.15, 0.2) is 0 Å². The number of rotatable bonds is 3. The highest BCUT2D eigenvalue weighted by atomic mass is 16.5. The third-order valence-electron chi connectivity index (χ3n) is 3.53. The van der Waals surface area contributed by atoms with Crippen LogP contribution in [-0.4, -0.2) is 38.4 Å². The monoisotopic (exact) mass is 198 g/mol. The molecule has 0 radical (unpaired) electrons. The third kappa shape index (κ3) is 2.69. The first-order valence-corrected chi connectivity index (χ1v) is 5.91. The zero-order valence-electron chi connectivity index (χ0n) is 9.09. The molecule has 14 heavy (non-hydrogen) atoms. The fourth-order valence-corrected chi connectivity index (χ4v) is 2.48. The second-order valence-electron chi connectivity index (χ2n) is 4.59. The van der Waals surface area contributed by atoms with E-state index < -0.39 is 0 Å². The molecule has 0 aliphatic carbocycles. The summed E-state index contributed by atoms with van der Waals surface area (Å²) in [5, 5.41) is 7.17. The highest BCUT2D eigenvalue weighted by Gasteiger charge is 2.24. The van der Waals surface area contributed by atoms with Crippen molar-refractivity contribution in [1.29, 1.82) is 0 Å². The Bertz CT molecular complexity index is 163. The van der Waals surface area contributed by atoms with E-state index in [4.69, 9.17) is 4.74 Å². The molecule has 2 atom stereocenters. The SMILES string of the molecule is CC(NC1CCOCC1)C1CCNC1. The van der Waals surface area contributed by atoms with E-state index in [1.807, 2.05) is 0 Å². The van der Waals surface area contributed by atoms with Gasteiger partial charge in [-0.25, -0.2) is 0 Å². The average molecular weight is 198 g/mol. The summed E-state index contributed by atoms with van der Waals surface area (Å²) in [6.45, 7) is 6.59. The highest BCUT2D eigenvalue weighted by molar-refractivity contribution is 4.83. The summed E-state index contributed by atoms with van der Waals surface area (Å²) in [5.74, 6) is 0.831. The predicted molar refractivity (Wildman–Crippen MR) is 57.4 cm³/mol. The zero-order valence-corrected chi connectivity index (χ0v) is 9.09. The van der Waals surface area contributed by atoms with Crippen molar-refractivity contribution in [3.8, 4) is 0 Å². The van der Waals surface area contributed by atoms with Crippen LogP contribution in [0.1, 0.15) is 26.2 Å². The van der Waals surface area contributed by atoms with E-state index in [9.17, 15) is 0 Å². The molecular formula is C11H22N2O. The molecule has 2 aliphatic rings. The lowest BCUT2D eigenvalue weighted by molar-refractivity contribution is 0.0734. The van der Waals surface area contributed by atoms with Gasteiger partial charge >= 0.3 is 0 Å². The van der Waals surface area contributed by atoms with E-state index in [0.29, 0.717) is 12.1 Å². The first-order chi connectivity index (χ1) is 6.86. The maximum Gasteiger partial charge on any atom is 0.0480 e. The van der Waals surface area contributed by atoms with Gasteiger partial charge in [-0.1, -0.05) is 0 Å². The van der Waals surface area contributed by atoms with Gasteiger partial charge in [-0.15, -0.1) is 0 Å². The van der Waals surface area contributed by atoms with Crippen LogP contribution < -0.4 is 10.6 Å². The second kappa shape index (κ2) is 5.10. The van der Waals surface area contributed by atoms with Crippen LogP contribution in [0.4, 0.5) is 0 Å². The zero-order chi connectivity index (χ0) is 9.80. The van der Waals surface area contributed by atoms with E-state index in [1.54, 1.807) is 0 Å². The molecule has 0 spiro atoms. The summed E-state index contributed by atoms with van der Waals surface area (Å²) in [6, 6.07) is 1.35. The molecule has 0 aromatic rings. The van der Waals surface area contributed by atoms with Crippen molar-refractivity contribution in [2.75, 3.05) is 26.3 Å². The van der Waals surface area contributed by atoms with Crippen LogP contribution in [-0.2, 0) is 4.74 Å². The Morgan fingerprint density at radius 3 is 2.71 bits per heavy atom. The van der Waals surface area contributed by atoms with Crippen molar-refractivity contribution >= 4 is 0 Å². The van der Waals surface area contributed by atoms with Crippen molar-refractivity contribution in [3.63, 3.8) is 0 Å². The van der Waals surface area contributed by atoms with Gasteiger partial charge in [-0.05, 0) is 45.2 Å². The molecule has 2 unspecified atom stereocenters. The molecule has 2 N–H and O–H groups in total. The first-order valence-electron chi connectivity index (χ1n) is 5.91. The smallest absolute Gasteiger partial charge is 0.0480 e. The van der Waals surface area contributed by atoms with Gasteiger partial charge in [-0.3, -0.25) is 0 Å². The Labute approximate surface area is 86.6 Å². The van der Waals surface area contributed by atoms with Gasteiger partial charge in [0.25, 0.3) is 0 Å². The Morgan fingerprint density at radius 2 is 2.07 bits per heavy atom. The van der Waals surface area contributed by atoms with Crippen LogP contribution in [0, 0.1) is 5.92 Å². The van der Waals surface area contributed by atoms with Crippen molar-refractivity contribution in [2.24, 2.45) is 5.92 Å². The van der Waals surface area contributed by atoms with E-state index in [0.717, 1.165) is 19.1 Å². The molecule has 2 rings (SSSR count). The van der Waals surface area contributed by atoms with Gasteiger partial charge in [0.2, 0.25) is 0 Å². The number of hydrogen-bond donors (Lipinski definition) is 2. The molecule has 82 valence electrons. The van der Waals surface area contributed by atoms with E-state index >= 15 is 0 Å². The van der Waals surface area contributed by atoms with E-state index in [2.05, 4.69) is 17.6 Å². The van der Waals surface area contributed by atoms with Gasteiger partial charge < -0.3 is 15.4 Å². The topological polar surface area (TPSA) is 33.3 Å². The molecule has 2 fully saturated rings. The lowest BCUT2D eigenvalue weighted by Gasteiger charge is -2.29. The molecule has 0 saturated carbocycles. The Morgan fingerprint density at radius 1 is 1.29 bits per heavy atom. The predicted octanol–water partition coefficient (Wildman–Crippen LogP) is 0.753. The van der Waals surface area contributed by atoms with Gasteiger partial charge in [0.1, 0.15) is 0 Å². The van der Waals surface area contributed by atoms with Crippen LogP contribution in [0.2, 0.25) is 0 Å². The molecule has 2 heterocycles. The Balaban J connectivity index is 1.72. The molecule has 0 aromatic heterocycles. The Kier molecular flexibility index (Phi) is 3.79. The minimum absolute atomic E-state index is 0.660. The van der Waals surface area contributed by atoms with E-state index in [1.165, 1.54) is 32.4 Å². The lowest BCUT2D eigenvalue weighted by Crippen LogP contribution is -2.44. The molecule has 3 heteroatoms. The van der Waals surface area contributed by atoms with Crippen molar-refractivity contribution in [1.82, 2.24) is 10.6 Å². The van der Waals surface area contributed by atoms with Crippen molar-refractivity contribution < 1.29 is 4.74 Å². The second-order valence-corrected chi connectivity index (χ2v) is 4.59. The molecule has 0 aromatic carbocycles. The quantitative estimate of drug-likeness (QED) is 0.702. The molecule has 0 amide bonds. The molecule has 3 nitrogen and oxygen atoms in total. The summed E-state index contributed by atoms with van der Waals surface area (Å²) in [7, 11) is 0. The van der Waals surface area contributed by atoms with Crippen molar-refractivity contribution in [3.05, 3.63) is 0 Å². The van der Waals surface area contributed by atoms with Crippen LogP contribution in [0.5, 0.6) is 0 Å². The van der Waals surface area contributed by atoms with E-state index in [-0.39, 0.29) is 0 Å². The minimum Gasteiger partial charge on any atom is -0.381 e. The normalized spacial score (nSPS) is 31.9. The van der Waals surface area contributed by atoms with Crippen molar-refractivity contribution in [2.45, 2.75) is 38.3 Å². The maximum absolute atomic E-state index is 5.35. The first kappa shape index (κ1) is 10.4. The summed E-state index contributed by atoms with van der Waals surface area (Å²) < 4.78 is 5.35. The maximum atomic E-state index is 5.35. The molecular weight excluding hydrogens is 176 g/mol. The largest absolute Gasteiger partial charge is 0.381 e. The lowest BCUT2D eigenvalue weighted by atomic mass is 9.98. The highest BCUT2D eigenvalue weighted by Crippen LogP contribution is 2.15. The van der Waals surface area contributed by atoms with Crippen LogP contribution in [0.15, 0.2) is 0 Å². The van der Waals surface area contributed by atoms with Crippen LogP contribution in [0.25, 0.3) is 0 Å². The molecule has 0 bridgehead atoms. The number of hydrogen-bond acceptors (Lipinski definition) is 3. The standard InChI is InChI=1S/C11H22N2O/c1-9(10-2-5-12-8-10)13-11-3-6-14-7-4-11/h9-13H,2-8H2,1H3. The number of nitrogens with one attached hydrogen (secondary N) is 2. The van der Waals surface area contributed by atoms with Crippen LogP contribution in [0.3, 0.4) is 0 Å². The average Bonchev–Trinajstić information content (AvgIpc) is 2.72.